The molecule has 7 aromatic rings. The first-order valence-corrected chi connectivity index (χ1v) is 12.8. The van der Waals surface area contributed by atoms with E-state index in [1.807, 2.05) is 74.6 Å². The summed E-state index contributed by atoms with van der Waals surface area (Å²) >= 11 is 1.71. The Morgan fingerprint density at radius 1 is 0.789 bits per heavy atom. The number of hydrogen-bond donors (Lipinski definition) is 0. The fourth-order valence-electron chi connectivity index (χ4n) is 4.27. The number of rotatable bonds is 2. The Labute approximate surface area is 238 Å². The molecule has 0 bridgehead atoms. The van der Waals surface area contributed by atoms with Crippen LogP contribution in [0.25, 0.3) is 54.8 Å². The average molecular weight is 690 g/mol. The predicted octanol–water partition coefficient (Wildman–Crippen LogP) is 8.53. The molecule has 189 valence electrons. The van der Waals surface area contributed by atoms with Crippen molar-refractivity contribution < 1.29 is 24.5 Å². The monoisotopic (exact) mass is 690 g/mol. The van der Waals surface area contributed by atoms with E-state index in [2.05, 4.69) is 53.3 Å². The SMILES string of the molecule is Cc1ccc(-c2[c-]cccc2)nc1.Cc1ccc2c(n1)oc1c(-c3ccc4cc(C)sc4n3)[c-]ccc12.[Ir]. The molecule has 0 spiro atoms. The summed E-state index contributed by atoms with van der Waals surface area (Å²) in [7, 11) is 0. The molecule has 0 N–H and O–H groups in total. The van der Waals surface area contributed by atoms with Gasteiger partial charge in [0.2, 0.25) is 5.71 Å². The van der Waals surface area contributed by atoms with Crippen LogP contribution < -0.4 is 0 Å². The van der Waals surface area contributed by atoms with E-state index in [4.69, 9.17) is 9.40 Å². The van der Waals surface area contributed by atoms with Gasteiger partial charge in [-0.25, -0.2) is 4.98 Å². The number of aryl methyl sites for hydroxylation is 3. The molecule has 5 aromatic heterocycles. The second-order valence-corrected chi connectivity index (χ2v) is 10.2. The fourth-order valence-corrected chi connectivity index (χ4v) is 5.15. The van der Waals surface area contributed by atoms with Gasteiger partial charge in [0, 0.05) is 47.6 Å². The zero-order valence-corrected chi connectivity index (χ0v) is 24.3. The molecule has 0 aliphatic rings. The number of pyridine rings is 3. The summed E-state index contributed by atoms with van der Waals surface area (Å²) in [5.74, 6) is 0. The van der Waals surface area contributed by atoms with Crippen LogP contribution in [0.2, 0.25) is 0 Å². The summed E-state index contributed by atoms with van der Waals surface area (Å²) in [5.41, 5.74) is 7.38. The first-order valence-electron chi connectivity index (χ1n) is 12.0. The Kier molecular flexibility index (Phi) is 7.48. The minimum atomic E-state index is 0. The largest absolute Gasteiger partial charge is 0.486 e. The number of thiophene rings is 1. The molecule has 7 rings (SSSR count). The third kappa shape index (κ3) is 5.16. The number of nitrogens with zero attached hydrogens (tertiary/aromatic N) is 3. The van der Waals surface area contributed by atoms with Gasteiger partial charge in [0.15, 0.2) is 0 Å². The molecule has 0 aliphatic carbocycles. The van der Waals surface area contributed by atoms with Crippen LogP contribution in [0.3, 0.4) is 0 Å². The third-order valence-corrected chi connectivity index (χ3v) is 7.06. The zero-order chi connectivity index (χ0) is 25.4. The van der Waals surface area contributed by atoms with Crippen molar-refractivity contribution in [1.29, 1.82) is 0 Å². The maximum atomic E-state index is 6.06. The molecule has 0 unspecified atom stereocenters. The van der Waals surface area contributed by atoms with Gasteiger partial charge in [-0.15, -0.1) is 65.4 Å². The van der Waals surface area contributed by atoms with E-state index >= 15 is 0 Å². The first kappa shape index (κ1) is 25.9. The molecular formula is C32H23IrN3OS-2. The standard InChI is InChI=1S/C20H13N2OS.C12H10N.Ir/c1-11-6-8-15-14-4-3-5-16(18(14)23-19(15)21-11)17-9-7-13-10-12(2)24-20(13)22-17;1-10-7-8-12(13-9-10)11-5-3-2-4-6-11;/h3-4,6-10H,1-2H3;2-5,7-9H,1H3;/q2*-1;. The van der Waals surface area contributed by atoms with Gasteiger partial charge in [-0.2, -0.15) is 0 Å². The molecule has 0 aliphatic heterocycles. The summed E-state index contributed by atoms with van der Waals surface area (Å²) in [6.07, 6.45) is 1.87. The first-order chi connectivity index (χ1) is 18.0. The topological polar surface area (TPSA) is 51.8 Å². The van der Waals surface area contributed by atoms with Crippen LogP contribution in [0, 0.1) is 32.9 Å². The van der Waals surface area contributed by atoms with Crippen LogP contribution in [0.4, 0.5) is 0 Å². The zero-order valence-electron chi connectivity index (χ0n) is 21.1. The average Bonchev–Trinajstić information content (AvgIpc) is 3.48. The molecule has 6 heteroatoms. The fraction of sp³-hybridized carbons (Fsp3) is 0.0938. The van der Waals surface area contributed by atoms with Gasteiger partial charge in [-0.3, -0.25) is 4.98 Å². The minimum Gasteiger partial charge on any atom is -0.486 e. The number of furan rings is 1. The normalized spacial score (nSPS) is 10.8. The van der Waals surface area contributed by atoms with Crippen LogP contribution in [-0.4, -0.2) is 15.0 Å². The van der Waals surface area contributed by atoms with E-state index < -0.39 is 0 Å². The molecule has 0 fully saturated rings. The van der Waals surface area contributed by atoms with Gasteiger partial charge in [0.1, 0.15) is 4.83 Å². The Morgan fingerprint density at radius 3 is 2.45 bits per heavy atom. The van der Waals surface area contributed by atoms with Crippen molar-refractivity contribution in [1.82, 2.24) is 15.0 Å². The molecule has 1 radical (unpaired) electrons. The molecule has 38 heavy (non-hydrogen) atoms. The quantitative estimate of drug-likeness (QED) is 0.171. The maximum absolute atomic E-state index is 6.06. The van der Waals surface area contributed by atoms with Crippen LogP contribution in [0.1, 0.15) is 16.1 Å². The van der Waals surface area contributed by atoms with Gasteiger partial charge < -0.3 is 9.40 Å². The molecule has 2 aromatic carbocycles. The predicted molar refractivity (Wildman–Crippen MR) is 152 cm³/mol. The smallest absolute Gasteiger partial charge is 0.216 e. The van der Waals surface area contributed by atoms with Crippen LogP contribution in [-0.2, 0) is 20.1 Å². The second-order valence-electron chi connectivity index (χ2n) is 8.95. The van der Waals surface area contributed by atoms with E-state index in [0.717, 1.165) is 49.4 Å². The van der Waals surface area contributed by atoms with Crippen molar-refractivity contribution in [2.45, 2.75) is 20.8 Å². The van der Waals surface area contributed by atoms with Gasteiger partial charge in [-0.1, -0.05) is 35.2 Å². The molecule has 5 heterocycles. The van der Waals surface area contributed by atoms with E-state index in [0.29, 0.717) is 5.71 Å². The summed E-state index contributed by atoms with van der Waals surface area (Å²) in [4.78, 5) is 15.9. The Hall–Kier alpha value is -3.70. The van der Waals surface area contributed by atoms with Crippen LogP contribution in [0.5, 0.6) is 0 Å². The van der Waals surface area contributed by atoms with E-state index in [9.17, 15) is 0 Å². The van der Waals surface area contributed by atoms with Crippen molar-refractivity contribution >= 4 is 43.6 Å². The molecule has 0 saturated carbocycles. The number of aromatic nitrogens is 3. The van der Waals surface area contributed by atoms with E-state index in [-0.39, 0.29) is 20.1 Å². The number of benzene rings is 2. The van der Waals surface area contributed by atoms with Crippen molar-refractivity contribution in [3.63, 3.8) is 0 Å². The summed E-state index contributed by atoms with van der Waals surface area (Å²) in [6, 6.07) is 32.7. The van der Waals surface area contributed by atoms with Gasteiger partial charge in [-0.05, 0) is 55.9 Å². The number of fused-ring (bicyclic) bond motifs is 4. The van der Waals surface area contributed by atoms with E-state index in [1.165, 1.54) is 15.8 Å². The Balaban J connectivity index is 0.000000179. The van der Waals surface area contributed by atoms with Crippen molar-refractivity contribution in [3.8, 4) is 22.5 Å². The molecule has 0 amide bonds. The molecule has 4 nitrogen and oxygen atoms in total. The third-order valence-electron chi connectivity index (χ3n) is 6.10. The Morgan fingerprint density at radius 2 is 1.66 bits per heavy atom. The summed E-state index contributed by atoms with van der Waals surface area (Å²) < 4.78 is 6.06. The molecular weight excluding hydrogens is 667 g/mol. The van der Waals surface area contributed by atoms with E-state index in [1.54, 1.807) is 11.3 Å². The Bertz CT molecular complexity index is 1860. The van der Waals surface area contributed by atoms with Crippen LogP contribution in [0.15, 0.2) is 89.5 Å². The number of hydrogen-bond acceptors (Lipinski definition) is 5. The maximum Gasteiger partial charge on any atom is 0.216 e. The second kappa shape index (κ2) is 11.0. The summed E-state index contributed by atoms with van der Waals surface area (Å²) in [6.45, 7) is 6.10. The van der Waals surface area contributed by atoms with Gasteiger partial charge in [0.05, 0.1) is 5.58 Å². The molecule has 0 saturated heterocycles. The molecule has 0 atom stereocenters. The van der Waals surface area contributed by atoms with Crippen molar-refractivity contribution in [2.24, 2.45) is 0 Å². The van der Waals surface area contributed by atoms with Crippen molar-refractivity contribution in [3.05, 3.63) is 113 Å². The van der Waals surface area contributed by atoms with Gasteiger partial charge >= 0.3 is 0 Å². The summed E-state index contributed by atoms with van der Waals surface area (Å²) in [5, 5.41) is 3.25. The van der Waals surface area contributed by atoms with Gasteiger partial charge in [0.25, 0.3) is 0 Å². The van der Waals surface area contributed by atoms with Crippen molar-refractivity contribution in [2.75, 3.05) is 0 Å². The van der Waals surface area contributed by atoms with Crippen LogP contribution >= 0.6 is 11.3 Å². The minimum absolute atomic E-state index is 0.